The molecular formula is C20H21ClN2O5S. The Balaban J connectivity index is 1.94. The number of methoxy groups -OCH3 is 1. The molecule has 0 aliphatic carbocycles. The molecule has 0 radical (unpaired) electrons. The number of hydrogen-bond donors (Lipinski definition) is 1. The summed E-state index contributed by atoms with van der Waals surface area (Å²) in [5.74, 6) is -0.906. The maximum atomic E-state index is 13.0. The molecule has 1 fully saturated rings. The van der Waals surface area contributed by atoms with Crippen molar-refractivity contribution in [2.45, 2.75) is 24.2 Å². The summed E-state index contributed by atoms with van der Waals surface area (Å²) in [6, 6.07) is 10.3. The van der Waals surface area contributed by atoms with Crippen LogP contribution in [0.3, 0.4) is 0 Å². The Morgan fingerprint density at radius 3 is 2.45 bits per heavy atom. The smallest absolute Gasteiger partial charge is 0.337 e. The number of benzene rings is 2. The molecule has 1 heterocycles. The van der Waals surface area contributed by atoms with Crippen molar-refractivity contribution in [3.8, 4) is 0 Å². The van der Waals surface area contributed by atoms with Crippen molar-refractivity contribution in [2.75, 3.05) is 24.9 Å². The highest BCUT2D eigenvalue weighted by Crippen LogP contribution is 2.27. The fourth-order valence-electron chi connectivity index (χ4n) is 3.18. The van der Waals surface area contributed by atoms with Crippen molar-refractivity contribution in [2.24, 2.45) is 0 Å². The van der Waals surface area contributed by atoms with E-state index in [0.29, 0.717) is 13.1 Å². The summed E-state index contributed by atoms with van der Waals surface area (Å²) in [5.41, 5.74) is 0.468. The minimum Gasteiger partial charge on any atom is -0.465 e. The number of carbonyl (C=O) groups is 2. The molecule has 2 aromatic rings. The fourth-order valence-corrected chi connectivity index (χ4v) is 4.79. The Hall–Kier alpha value is -2.58. The first-order valence-electron chi connectivity index (χ1n) is 9.12. The molecule has 1 N–H and O–H groups in total. The SMILES string of the molecule is COC(=O)c1ccc(Cl)c(S(=O)(=O)Nc2ccccc2C(=O)N2CCCCC2)c1. The van der Waals surface area contributed by atoms with Crippen LogP contribution in [0.25, 0.3) is 0 Å². The lowest BCUT2D eigenvalue weighted by atomic mass is 10.1. The van der Waals surface area contributed by atoms with E-state index in [1.54, 1.807) is 23.1 Å². The number of hydrogen-bond acceptors (Lipinski definition) is 5. The Kier molecular flexibility index (Phi) is 6.44. The maximum Gasteiger partial charge on any atom is 0.337 e. The van der Waals surface area contributed by atoms with Crippen molar-refractivity contribution in [3.05, 3.63) is 58.6 Å². The summed E-state index contributed by atoms with van der Waals surface area (Å²) in [4.78, 5) is 26.1. The van der Waals surface area contributed by atoms with Gasteiger partial charge in [-0.25, -0.2) is 13.2 Å². The zero-order chi connectivity index (χ0) is 21.0. The quantitative estimate of drug-likeness (QED) is 0.723. The molecule has 0 bridgehead atoms. The van der Waals surface area contributed by atoms with Crippen molar-refractivity contribution >= 4 is 39.2 Å². The second-order valence-corrected chi connectivity index (χ2v) is 8.70. The van der Waals surface area contributed by atoms with E-state index in [0.717, 1.165) is 25.3 Å². The fraction of sp³-hybridized carbons (Fsp3) is 0.300. The van der Waals surface area contributed by atoms with E-state index in [4.69, 9.17) is 11.6 Å². The lowest BCUT2D eigenvalue weighted by molar-refractivity contribution is 0.0600. The van der Waals surface area contributed by atoms with Crippen LogP contribution in [0.2, 0.25) is 5.02 Å². The van der Waals surface area contributed by atoms with E-state index in [1.165, 1.54) is 25.3 Å². The Morgan fingerprint density at radius 2 is 1.76 bits per heavy atom. The first-order valence-corrected chi connectivity index (χ1v) is 11.0. The third-order valence-electron chi connectivity index (χ3n) is 4.69. The van der Waals surface area contributed by atoms with E-state index in [2.05, 4.69) is 9.46 Å². The number of likely N-dealkylation sites (tertiary alicyclic amines) is 1. The highest BCUT2D eigenvalue weighted by Gasteiger charge is 2.25. The van der Waals surface area contributed by atoms with E-state index < -0.39 is 16.0 Å². The van der Waals surface area contributed by atoms with Gasteiger partial charge in [0.2, 0.25) is 0 Å². The molecule has 0 atom stereocenters. The summed E-state index contributed by atoms with van der Waals surface area (Å²) in [6.45, 7) is 1.29. The minimum atomic E-state index is -4.16. The van der Waals surface area contributed by atoms with Gasteiger partial charge in [0.1, 0.15) is 4.90 Å². The number of para-hydroxylation sites is 1. The van der Waals surface area contributed by atoms with Crippen LogP contribution in [0.4, 0.5) is 5.69 Å². The first kappa shape index (κ1) is 21.1. The summed E-state index contributed by atoms with van der Waals surface area (Å²) in [7, 11) is -2.96. The van der Waals surface area contributed by atoms with Gasteiger partial charge in [-0.15, -0.1) is 0 Å². The van der Waals surface area contributed by atoms with E-state index in [1.807, 2.05) is 0 Å². The van der Waals surface area contributed by atoms with Gasteiger partial charge in [-0.3, -0.25) is 9.52 Å². The molecule has 1 aliphatic heterocycles. The van der Waals surface area contributed by atoms with Gasteiger partial charge in [-0.2, -0.15) is 0 Å². The number of piperidine rings is 1. The van der Waals surface area contributed by atoms with Crippen LogP contribution in [0.1, 0.15) is 40.0 Å². The van der Waals surface area contributed by atoms with Crippen LogP contribution in [0.15, 0.2) is 47.4 Å². The second kappa shape index (κ2) is 8.84. The number of rotatable bonds is 5. The van der Waals surface area contributed by atoms with Crippen LogP contribution in [-0.2, 0) is 14.8 Å². The summed E-state index contributed by atoms with van der Waals surface area (Å²) < 4.78 is 33.0. The number of sulfonamides is 1. The molecule has 0 unspecified atom stereocenters. The van der Waals surface area contributed by atoms with Gasteiger partial charge < -0.3 is 9.64 Å². The van der Waals surface area contributed by atoms with Crippen LogP contribution in [0, 0.1) is 0 Å². The summed E-state index contributed by atoms with van der Waals surface area (Å²) >= 11 is 6.07. The standard InChI is InChI=1S/C20H21ClN2O5S/c1-28-20(25)14-9-10-16(21)18(13-14)29(26,27)22-17-8-4-3-7-15(17)19(24)23-11-5-2-6-12-23/h3-4,7-10,13,22H,2,5-6,11-12H2,1H3. The molecule has 2 aromatic carbocycles. The second-order valence-electron chi connectivity index (χ2n) is 6.64. The number of halogens is 1. The normalized spacial score (nSPS) is 14.3. The third-order valence-corrected chi connectivity index (χ3v) is 6.53. The van der Waals surface area contributed by atoms with Gasteiger partial charge >= 0.3 is 5.97 Å². The average Bonchev–Trinajstić information content (AvgIpc) is 2.73. The molecule has 7 nitrogen and oxygen atoms in total. The van der Waals surface area contributed by atoms with Crippen LogP contribution in [0.5, 0.6) is 0 Å². The molecule has 1 aliphatic rings. The number of nitrogens with one attached hydrogen (secondary N) is 1. The largest absolute Gasteiger partial charge is 0.465 e. The van der Waals surface area contributed by atoms with Gasteiger partial charge in [0.15, 0.2) is 0 Å². The van der Waals surface area contributed by atoms with Gasteiger partial charge in [0, 0.05) is 13.1 Å². The van der Waals surface area contributed by atoms with Crippen LogP contribution < -0.4 is 4.72 Å². The lowest BCUT2D eigenvalue weighted by Crippen LogP contribution is -2.36. The highest BCUT2D eigenvalue weighted by molar-refractivity contribution is 7.92. The molecule has 29 heavy (non-hydrogen) atoms. The predicted molar refractivity (Wildman–Crippen MR) is 110 cm³/mol. The summed E-state index contributed by atoms with van der Waals surface area (Å²) in [6.07, 6.45) is 2.93. The molecule has 1 saturated heterocycles. The van der Waals surface area contributed by atoms with Gasteiger partial charge in [0.05, 0.1) is 28.9 Å². The monoisotopic (exact) mass is 436 g/mol. The molecular weight excluding hydrogens is 416 g/mol. The number of ether oxygens (including phenoxy) is 1. The molecule has 1 amide bonds. The van der Waals surface area contributed by atoms with Crippen molar-refractivity contribution in [1.29, 1.82) is 0 Å². The minimum absolute atomic E-state index is 0.0509. The molecule has 0 aromatic heterocycles. The number of esters is 1. The van der Waals surface area contributed by atoms with Crippen LogP contribution in [-0.4, -0.2) is 45.4 Å². The Bertz CT molecular complexity index is 1030. The zero-order valence-electron chi connectivity index (χ0n) is 15.9. The number of anilines is 1. The zero-order valence-corrected chi connectivity index (χ0v) is 17.4. The van der Waals surface area contributed by atoms with Crippen molar-refractivity contribution in [3.63, 3.8) is 0 Å². The Labute approximate surface area is 174 Å². The third kappa shape index (κ3) is 4.71. The lowest BCUT2D eigenvalue weighted by Gasteiger charge is -2.27. The molecule has 9 heteroatoms. The summed E-state index contributed by atoms with van der Waals surface area (Å²) in [5, 5.41) is -0.0509. The topological polar surface area (TPSA) is 92.8 Å². The number of nitrogens with zero attached hydrogens (tertiary/aromatic N) is 1. The number of carbonyl (C=O) groups excluding carboxylic acids is 2. The predicted octanol–water partition coefficient (Wildman–Crippen LogP) is 3.55. The molecule has 3 rings (SSSR count). The van der Waals surface area contributed by atoms with E-state index >= 15 is 0 Å². The average molecular weight is 437 g/mol. The maximum absolute atomic E-state index is 13.0. The van der Waals surface area contributed by atoms with Gasteiger partial charge in [-0.05, 0) is 49.6 Å². The molecule has 0 saturated carbocycles. The van der Waals surface area contributed by atoms with E-state index in [-0.39, 0.29) is 32.6 Å². The number of amides is 1. The van der Waals surface area contributed by atoms with Crippen molar-refractivity contribution < 1.29 is 22.7 Å². The van der Waals surface area contributed by atoms with Gasteiger partial charge in [-0.1, -0.05) is 23.7 Å². The molecule has 154 valence electrons. The first-order chi connectivity index (χ1) is 13.8. The van der Waals surface area contributed by atoms with Crippen molar-refractivity contribution in [1.82, 2.24) is 4.90 Å². The van der Waals surface area contributed by atoms with Gasteiger partial charge in [0.25, 0.3) is 15.9 Å². The Morgan fingerprint density at radius 1 is 1.07 bits per heavy atom. The highest BCUT2D eigenvalue weighted by atomic mass is 35.5. The van der Waals surface area contributed by atoms with E-state index in [9.17, 15) is 18.0 Å². The molecule has 0 spiro atoms. The van der Waals surface area contributed by atoms with Crippen LogP contribution >= 0.6 is 11.6 Å².